The number of fused-ring (bicyclic) bond motifs is 3. The van der Waals surface area contributed by atoms with Crippen molar-refractivity contribution in [1.82, 2.24) is 9.55 Å². The predicted octanol–water partition coefficient (Wildman–Crippen LogP) is 4.67. The van der Waals surface area contributed by atoms with Gasteiger partial charge in [0.1, 0.15) is 5.84 Å². The van der Waals surface area contributed by atoms with Crippen LogP contribution in [0.2, 0.25) is 0 Å². The van der Waals surface area contributed by atoms with Gasteiger partial charge in [0.15, 0.2) is 0 Å². The van der Waals surface area contributed by atoms with Crippen molar-refractivity contribution in [2.75, 3.05) is 13.2 Å². The third kappa shape index (κ3) is 4.01. The van der Waals surface area contributed by atoms with E-state index in [9.17, 15) is 4.79 Å². The van der Waals surface area contributed by atoms with Gasteiger partial charge in [0.2, 0.25) is 0 Å². The molecule has 6 heteroatoms. The lowest BCUT2D eigenvalue weighted by molar-refractivity contribution is 0.0717. The van der Waals surface area contributed by atoms with Crippen molar-refractivity contribution in [3.05, 3.63) is 78.1 Å². The maximum absolute atomic E-state index is 12.9. The van der Waals surface area contributed by atoms with Crippen LogP contribution in [0.5, 0.6) is 0 Å². The molecule has 32 heavy (non-hydrogen) atoms. The second-order valence-corrected chi connectivity index (χ2v) is 8.23. The molecule has 0 atom stereocenters. The summed E-state index contributed by atoms with van der Waals surface area (Å²) >= 11 is 0. The Hall–Kier alpha value is -3.51. The first-order chi connectivity index (χ1) is 15.7. The zero-order chi connectivity index (χ0) is 21.9. The fourth-order valence-corrected chi connectivity index (χ4v) is 4.54. The van der Waals surface area contributed by atoms with E-state index in [-0.39, 0.29) is 5.91 Å². The number of aryl methyl sites for hydroxylation is 1. The highest BCUT2D eigenvalue weighted by Crippen LogP contribution is 2.35. The number of nitrogens with two attached hydrogens (primary N) is 1. The molecular weight excluding hydrogens is 400 g/mol. The summed E-state index contributed by atoms with van der Waals surface area (Å²) in [5.74, 6) is 0.0415. The van der Waals surface area contributed by atoms with Crippen molar-refractivity contribution in [3.63, 3.8) is 0 Å². The van der Waals surface area contributed by atoms with Crippen LogP contribution >= 0.6 is 0 Å². The molecule has 1 aliphatic heterocycles. The molecule has 5 rings (SSSR count). The molecule has 4 aromatic rings. The molecule has 2 aromatic heterocycles. The van der Waals surface area contributed by atoms with E-state index >= 15 is 0 Å². The number of carbonyl (C=O) groups is 1. The van der Waals surface area contributed by atoms with Gasteiger partial charge in [0.05, 0.1) is 5.52 Å². The van der Waals surface area contributed by atoms with Crippen molar-refractivity contribution in [3.8, 4) is 0 Å². The van der Waals surface area contributed by atoms with E-state index in [1.807, 2.05) is 30.3 Å². The largest absolute Gasteiger partial charge is 0.387 e. The Balaban J connectivity index is 1.47. The maximum atomic E-state index is 12.9. The zero-order valence-electron chi connectivity index (χ0n) is 17.9. The van der Waals surface area contributed by atoms with Crippen molar-refractivity contribution >= 4 is 33.5 Å². The summed E-state index contributed by atoms with van der Waals surface area (Å²) in [7, 11) is 0. The van der Waals surface area contributed by atoms with Gasteiger partial charge < -0.3 is 15.0 Å². The van der Waals surface area contributed by atoms with Crippen LogP contribution in [0, 0.1) is 0 Å². The van der Waals surface area contributed by atoms with E-state index in [2.05, 4.69) is 38.8 Å². The van der Waals surface area contributed by atoms with E-state index in [1.165, 1.54) is 10.9 Å². The quantitative estimate of drug-likeness (QED) is 0.371. The number of ether oxygens (including phenoxy) is 1. The molecule has 0 bridgehead atoms. The molecule has 2 aromatic carbocycles. The van der Waals surface area contributed by atoms with Gasteiger partial charge in [0.25, 0.3) is 5.91 Å². The molecule has 0 radical (unpaired) electrons. The number of hydrogen-bond donors (Lipinski definition) is 1. The molecule has 2 N–H and O–H groups in total. The smallest absolute Gasteiger partial charge is 0.278 e. The Bertz CT molecular complexity index is 1290. The van der Waals surface area contributed by atoms with Crippen LogP contribution in [0.4, 0.5) is 0 Å². The van der Waals surface area contributed by atoms with Gasteiger partial charge in [-0.05, 0) is 55.2 Å². The minimum absolute atomic E-state index is 0.303. The second kappa shape index (κ2) is 8.93. The summed E-state index contributed by atoms with van der Waals surface area (Å²) < 4.78 is 7.96. The van der Waals surface area contributed by atoms with E-state index in [1.54, 1.807) is 12.4 Å². The monoisotopic (exact) mass is 426 g/mol. The highest BCUT2D eigenvalue weighted by atomic mass is 16.5. The minimum Gasteiger partial charge on any atom is -0.387 e. The fourth-order valence-electron chi connectivity index (χ4n) is 4.54. The summed E-state index contributed by atoms with van der Waals surface area (Å²) in [5.41, 5.74) is 10.0. The van der Waals surface area contributed by atoms with Gasteiger partial charge in [-0.2, -0.15) is 4.99 Å². The Morgan fingerprint density at radius 1 is 1.03 bits per heavy atom. The van der Waals surface area contributed by atoms with Gasteiger partial charge >= 0.3 is 0 Å². The van der Waals surface area contributed by atoms with Crippen molar-refractivity contribution in [1.29, 1.82) is 0 Å². The normalized spacial score (nSPS) is 15.4. The number of para-hydroxylation sites is 1. The third-order valence-electron chi connectivity index (χ3n) is 6.18. The first-order valence-electron chi connectivity index (χ1n) is 11.1. The maximum Gasteiger partial charge on any atom is 0.278 e. The standard InChI is InChI=1S/C26H26N4O2/c27-25(8-5-18-9-13-28-14-10-18)29-26(31)19-6-7-22-21-3-1-2-4-23(21)30(24(22)17-19)20-11-15-32-16-12-20/h1-4,6-7,9-10,13-14,17,20H,5,8,11-12,15-16H2,(H2,27,29,31). The predicted molar refractivity (Wildman–Crippen MR) is 127 cm³/mol. The Morgan fingerprint density at radius 2 is 1.78 bits per heavy atom. The number of nitrogens with zero attached hydrogens (tertiary/aromatic N) is 3. The molecule has 1 amide bonds. The minimum atomic E-state index is -0.303. The number of amidine groups is 1. The van der Waals surface area contributed by atoms with Crippen molar-refractivity contribution in [2.45, 2.75) is 31.7 Å². The average molecular weight is 427 g/mol. The van der Waals surface area contributed by atoms with Gasteiger partial charge in [-0.3, -0.25) is 9.78 Å². The molecule has 0 unspecified atom stereocenters. The average Bonchev–Trinajstić information content (AvgIpc) is 3.17. The molecule has 162 valence electrons. The van der Waals surface area contributed by atoms with Crippen LogP contribution in [0.15, 0.2) is 72.0 Å². The summed E-state index contributed by atoms with van der Waals surface area (Å²) in [4.78, 5) is 21.1. The second-order valence-electron chi connectivity index (χ2n) is 8.23. The molecule has 6 nitrogen and oxygen atoms in total. The van der Waals surface area contributed by atoms with Crippen LogP contribution < -0.4 is 5.73 Å². The van der Waals surface area contributed by atoms with Gasteiger partial charge in [0, 0.05) is 59.9 Å². The molecule has 0 saturated carbocycles. The van der Waals surface area contributed by atoms with Crippen molar-refractivity contribution < 1.29 is 9.53 Å². The summed E-state index contributed by atoms with van der Waals surface area (Å²) in [6.07, 6.45) is 6.68. The Labute approximate surface area is 186 Å². The topological polar surface area (TPSA) is 82.5 Å². The molecule has 1 fully saturated rings. The fraction of sp³-hybridized carbons (Fsp3) is 0.269. The molecule has 3 heterocycles. The van der Waals surface area contributed by atoms with E-state index in [0.29, 0.717) is 23.9 Å². The number of amides is 1. The molecule has 1 aliphatic rings. The Kier molecular flexibility index (Phi) is 5.69. The van der Waals surface area contributed by atoms with E-state index in [0.717, 1.165) is 48.9 Å². The van der Waals surface area contributed by atoms with Crippen LogP contribution in [-0.4, -0.2) is 34.5 Å². The SMILES string of the molecule is NC(CCc1ccncc1)=NC(=O)c1ccc2c3ccccc3n(C3CCOCC3)c2c1. The van der Waals surface area contributed by atoms with Crippen LogP contribution in [0.3, 0.4) is 0 Å². The third-order valence-corrected chi connectivity index (χ3v) is 6.18. The number of hydrogen-bond acceptors (Lipinski definition) is 3. The summed E-state index contributed by atoms with van der Waals surface area (Å²) in [6.45, 7) is 1.52. The number of rotatable bonds is 5. The molecule has 0 aliphatic carbocycles. The first kappa shape index (κ1) is 20.4. The molecular formula is C26H26N4O2. The summed E-state index contributed by atoms with van der Waals surface area (Å²) in [6, 6.07) is 18.5. The van der Waals surface area contributed by atoms with Crippen LogP contribution in [0.25, 0.3) is 21.8 Å². The lowest BCUT2D eigenvalue weighted by Gasteiger charge is -2.25. The van der Waals surface area contributed by atoms with Gasteiger partial charge in [-0.15, -0.1) is 0 Å². The number of benzene rings is 2. The number of aliphatic imine (C=N–C) groups is 1. The zero-order valence-corrected chi connectivity index (χ0v) is 17.9. The first-order valence-corrected chi connectivity index (χ1v) is 11.1. The van der Waals surface area contributed by atoms with Gasteiger partial charge in [-0.1, -0.05) is 24.3 Å². The number of aromatic nitrogens is 2. The lowest BCUT2D eigenvalue weighted by atomic mass is 10.1. The van der Waals surface area contributed by atoms with Gasteiger partial charge in [-0.25, -0.2) is 0 Å². The molecule has 1 saturated heterocycles. The highest BCUT2D eigenvalue weighted by molar-refractivity contribution is 6.11. The number of carbonyl (C=O) groups excluding carboxylic acids is 1. The van der Waals surface area contributed by atoms with E-state index in [4.69, 9.17) is 10.5 Å². The van der Waals surface area contributed by atoms with Crippen LogP contribution in [-0.2, 0) is 11.2 Å². The molecule has 0 spiro atoms. The van der Waals surface area contributed by atoms with Crippen molar-refractivity contribution in [2.24, 2.45) is 10.7 Å². The van der Waals surface area contributed by atoms with Crippen LogP contribution in [0.1, 0.15) is 41.2 Å². The highest BCUT2D eigenvalue weighted by Gasteiger charge is 2.21. The number of pyridine rings is 1. The Morgan fingerprint density at radius 3 is 2.59 bits per heavy atom. The summed E-state index contributed by atoms with van der Waals surface area (Å²) in [5, 5.41) is 2.35. The van der Waals surface area contributed by atoms with E-state index < -0.39 is 0 Å². The lowest BCUT2D eigenvalue weighted by Crippen LogP contribution is -2.19.